The fraction of sp³-hybridized carbons (Fsp3) is 0.333. The number of alkyl halides is 4. The van der Waals surface area contributed by atoms with E-state index in [1.54, 1.807) is 36.8 Å². The summed E-state index contributed by atoms with van der Waals surface area (Å²) in [4.78, 5) is 16.7. The molecule has 0 saturated carbocycles. The van der Waals surface area contributed by atoms with E-state index in [2.05, 4.69) is 6.58 Å². The highest BCUT2D eigenvalue weighted by atomic mass is 35.5. The van der Waals surface area contributed by atoms with Gasteiger partial charge in [0.05, 0.1) is 16.1 Å². The molecule has 1 N–H and O–H groups in total. The molecule has 0 bridgehead atoms. The van der Waals surface area contributed by atoms with Crippen LogP contribution in [0.5, 0.6) is 5.75 Å². The molecule has 44 heavy (non-hydrogen) atoms. The third-order valence-corrected chi connectivity index (χ3v) is 7.82. The lowest BCUT2D eigenvalue weighted by Gasteiger charge is -2.15. The topological polar surface area (TPSA) is 64.4 Å². The highest BCUT2D eigenvalue weighted by Crippen LogP contribution is 2.37. The lowest BCUT2D eigenvalue weighted by atomic mass is 10.1. The molecule has 2 aromatic carbocycles. The van der Waals surface area contributed by atoms with E-state index in [-0.39, 0.29) is 12.6 Å². The number of carboxylic acid groups (broad SMARTS) is 1. The number of carboxylic acids is 1. The normalized spacial score (nSPS) is 12.3. The van der Waals surface area contributed by atoms with Gasteiger partial charge in [-0.05, 0) is 76.1 Å². The van der Waals surface area contributed by atoms with Crippen LogP contribution in [-0.4, -0.2) is 27.3 Å². The molecule has 0 spiro atoms. The van der Waals surface area contributed by atoms with Crippen LogP contribution in [0.4, 0.5) is 17.6 Å². The molecular formula is C33H37ClF4N2O3S. The van der Waals surface area contributed by atoms with Crippen LogP contribution in [0.1, 0.15) is 63.3 Å². The summed E-state index contributed by atoms with van der Waals surface area (Å²) in [6.45, 7) is 12.0. The number of benzene rings is 2. The third kappa shape index (κ3) is 10.5. The number of aromatic nitrogens is 2. The molecular weight excluding hydrogens is 616 g/mol. The Morgan fingerprint density at radius 2 is 1.82 bits per heavy atom. The van der Waals surface area contributed by atoms with Gasteiger partial charge in [-0.15, -0.1) is 17.9 Å². The van der Waals surface area contributed by atoms with Crippen LogP contribution in [0.15, 0.2) is 78.0 Å². The van der Waals surface area contributed by atoms with Gasteiger partial charge in [-0.1, -0.05) is 43.2 Å². The van der Waals surface area contributed by atoms with E-state index in [9.17, 15) is 22.4 Å². The number of hydrogen-bond donors (Lipinski definition) is 1. The molecule has 0 aliphatic carbocycles. The largest absolute Gasteiger partial charge is 0.485 e. The predicted molar refractivity (Wildman–Crippen MR) is 171 cm³/mol. The van der Waals surface area contributed by atoms with E-state index in [1.165, 1.54) is 23.5 Å². The van der Waals surface area contributed by atoms with Crippen molar-refractivity contribution in [3.8, 4) is 16.3 Å². The lowest BCUT2D eigenvalue weighted by Crippen LogP contribution is -2.07. The lowest BCUT2D eigenvalue weighted by molar-refractivity contribution is -0.138. The maximum absolute atomic E-state index is 12.9. The van der Waals surface area contributed by atoms with Crippen molar-refractivity contribution in [2.24, 2.45) is 0 Å². The summed E-state index contributed by atoms with van der Waals surface area (Å²) in [5, 5.41) is 11.1. The Hall–Kier alpha value is -3.63. The number of halogens is 5. The van der Waals surface area contributed by atoms with E-state index in [0.29, 0.717) is 26.9 Å². The number of aryl methyl sites for hydroxylation is 1. The van der Waals surface area contributed by atoms with Gasteiger partial charge in [0, 0.05) is 27.7 Å². The molecule has 0 fully saturated rings. The van der Waals surface area contributed by atoms with Crippen molar-refractivity contribution in [3.63, 3.8) is 0 Å². The predicted octanol–water partition coefficient (Wildman–Crippen LogP) is 10.6. The van der Waals surface area contributed by atoms with Crippen molar-refractivity contribution < 1.29 is 32.2 Å². The smallest absolute Gasteiger partial charge is 0.416 e. The van der Waals surface area contributed by atoms with Crippen LogP contribution < -0.4 is 4.74 Å². The molecule has 0 aliphatic rings. The van der Waals surface area contributed by atoms with Crippen molar-refractivity contribution in [1.29, 1.82) is 0 Å². The first kappa shape index (κ1) is 36.6. The van der Waals surface area contributed by atoms with Crippen LogP contribution in [-0.2, 0) is 23.9 Å². The number of ether oxygens (including phenoxy) is 1. The minimum atomic E-state index is -4.38. The van der Waals surface area contributed by atoms with Gasteiger partial charge in [-0.2, -0.15) is 13.2 Å². The molecule has 0 radical (unpaired) electrons. The third-order valence-electron chi connectivity index (χ3n) is 6.19. The van der Waals surface area contributed by atoms with Crippen molar-refractivity contribution in [3.05, 3.63) is 94.1 Å². The second kappa shape index (κ2) is 17.0. The van der Waals surface area contributed by atoms with Crippen molar-refractivity contribution in [1.82, 2.24) is 9.55 Å². The van der Waals surface area contributed by atoms with Gasteiger partial charge in [0.2, 0.25) is 0 Å². The number of fused-ring (bicyclic) bond motifs is 1. The molecule has 1 unspecified atom stereocenters. The van der Waals surface area contributed by atoms with Gasteiger partial charge in [-0.3, -0.25) is 4.79 Å². The number of aliphatic carboxylic acids is 1. The summed E-state index contributed by atoms with van der Waals surface area (Å²) in [6, 6.07) is 12.4. The van der Waals surface area contributed by atoms with Gasteiger partial charge in [0.15, 0.2) is 0 Å². The number of thiazole rings is 1. The van der Waals surface area contributed by atoms with Gasteiger partial charge in [0.25, 0.3) is 0 Å². The second-order valence-corrected chi connectivity index (χ2v) is 11.4. The molecule has 0 amide bonds. The Kier molecular flexibility index (Phi) is 14.1. The molecule has 4 aromatic rings. The number of rotatable bonds is 9. The number of carbonyl (C=O) groups is 1. The fourth-order valence-electron chi connectivity index (χ4n) is 3.91. The van der Waals surface area contributed by atoms with Crippen molar-refractivity contribution in [2.75, 3.05) is 6.67 Å². The van der Waals surface area contributed by atoms with Crippen LogP contribution in [0.2, 0.25) is 0 Å². The Balaban J connectivity index is 0.000000587. The van der Waals surface area contributed by atoms with Gasteiger partial charge in [-0.25, -0.2) is 9.37 Å². The Labute approximate surface area is 264 Å². The quantitative estimate of drug-likeness (QED) is 0.144. The first-order chi connectivity index (χ1) is 20.7. The molecule has 0 aliphatic heterocycles. The number of nitrogens with zero attached hydrogens (tertiary/aromatic N) is 2. The first-order valence-electron chi connectivity index (χ1n) is 13.8. The SMILES string of the molecule is C/C(Cl)=C(/C)CF.C=CC.CCCc1nc(-c2ccc(C(F)(F)F)cc2)sc1C(C)Oc1ccc2c(ccn2CC(=O)O)c1. The van der Waals surface area contributed by atoms with Crippen LogP contribution in [0.25, 0.3) is 21.5 Å². The van der Waals surface area contributed by atoms with Crippen LogP contribution in [0, 0.1) is 0 Å². The average molecular weight is 653 g/mol. The maximum atomic E-state index is 12.9. The molecule has 11 heteroatoms. The van der Waals surface area contributed by atoms with Gasteiger partial charge >= 0.3 is 12.1 Å². The molecule has 4 rings (SSSR count). The van der Waals surface area contributed by atoms with Crippen LogP contribution >= 0.6 is 22.9 Å². The zero-order chi connectivity index (χ0) is 33.0. The highest BCUT2D eigenvalue weighted by Gasteiger charge is 2.30. The molecule has 2 heterocycles. The standard InChI is InChI=1S/C25H23F3N2O3S.C5H8ClF.C3H6/c1-3-4-20-23(34-24(29-20)16-5-7-18(8-6-16)25(26,27)28)15(2)33-19-9-10-21-17(13-19)11-12-30(21)14-22(31)32;1-4(3-7)5(2)6;1-3-2/h5-13,15H,3-4,14H2,1-2H3,(H,31,32);3H2,1-2H3;3H,1H2,2H3/b;5-4+;. The van der Waals surface area contributed by atoms with E-state index in [4.69, 9.17) is 26.4 Å². The van der Waals surface area contributed by atoms with Gasteiger partial charge in [0.1, 0.15) is 30.1 Å². The zero-order valence-corrected chi connectivity index (χ0v) is 26.9. The molecule has 0 saturated heterocycles. The van der Waals surface area contributed by atoms with E-state index < -0.39 is 24.4 Å². The molecule has 238 valence electrons. The van der Waals surface area contributed by atoms with Crippen molar-refractivity contribution in [2.45, 2.75) is 66.3 Å². The molecule has 2 aromatic heterocycles. The Bertz CT molecular complexity index is 1560. The second-order valence-electron chi connectivity index (χ2n) is 9.83. The summed E-state index contributed by atoms with van der Waals surface area (Å²) in [5.74, 6) is -0.274. The van der Waals surface area contributed by atoms with Gasteiger partial charge < -0.3 is 14.4 Å². The highest BCUT2D eigenvalue weighted by molar-refractivity contribution is 7.15. The van der Waals surface area contributed by atoms with E-state index >= 15 is 0 Å². The minimum absolute atomic E-state index is 0.117. The van der Waals surface area contributed by atoms with E-state index in [1.807, 2.05) is 39.0 Å². The Morgan fingerprint density at radius 3 is 2.32 bits per heavy atom. The summed E-state index contributed by atoms with van der Waals surface area (Å²) >= 11 is 6.79. The summed E-state index contributed by atoms with van der Waals surface area (Å²) < 4.78 is 58.0. The summed E-state index contributed by atoms with van der Waals surface area (Å²) in [7, 11) is 0. The first-order valence-corrected chi connectivity index (χ1v) is 15.0. The zero-order valence-electron chi connectivity index (χ0n) is 25.3. The molecule has 5 nitrogen and oxygen atoms in total. The molecule has 1 atom stereocenters. The van der Waals surface area contributed by atoms with Crippen molar-refractivity contribution >= 4 is 39.8 Å². The monoisotopic (exact) mass is 652 g/mol. The minimum Gasteiger partial charge on any atom is -0.485 e. The average Bonchev–Trinajstić information content (AvgIpc) is 3.57. The summed E-state index contributed by atoms with van der Waals surface area (Å²) in [5.41, 5.74) is 2.24. The number of hydrogen-bond acceptors (Lipinski definition) is 4. The summed E-state index contributed by atoms with van der Waals surface area (Å²) in [6.07, 6.45) is 0.389. The Morgan fingerprint density at radius 1 is 1.18 bits per heavy atom. The number of allylic oxidation sites excluding steroid dienone is 3. The maximum Gasteiger partial charge on any atom is 0.416 e. The van der Waals surface area contributed by atoms with E-state index in [0.717, 1.165) is 46.4 Å². The van der Waals surface area contributed by atoms with Crippen LogP contribution in [0.3, 0.4) is 0 Å². The fourth-order valence-corrected chi connectivity index (χ4v) is 5.06.